The van der Waals surface area contributed by atoms with Crippen LogP contribution in [0.3, 0.4) is 0 Å². The first-order chi connectivity index (χ1) is 9.99. The van der Waals surface area contributed by atoms with Gasteiger partial charge in [-0.1, -0.05) is 50.0 Å². The van der Waals surface area contributed by atoms with Crippen LogP contribution in [0.2, 0.25) is 19.6 Å². The summed E-state index contributed by atoms with van der Waals surface area (Å²) >= 11 is 0. The monoisotopic (exact) mass is 321 g/mol. The highest BCUT2D eigenvalue weighted by Gasteiger charge is 2.30. The van der Waals surface area contributed by atoms with E-state index in [4.69, 9.17) is 4.74 Å². The molecule has 0 fully saturated rings. The molecule has 0 saturated heterocycles. The van der Waals surface area contributed by atoms with E-state index in [1.165, 1.54) is 5.56 Å². The molecule has 0 amide bonds. The van der Waals surface area contributed by atoms with Crippen LogP contribution in [0.1, 0.15) is 39.7 Å². The van der Waals surface area contributed by atoms with Crippen molar-refractivity contribution in [3.05, 3.63) is 35.9 Å². The molecule has 1 aromatic rings. The van der Waals surface area contributed by atoms with Crippen LogP contribution < -0.4 is 0 Å². The number of carbonyl (C=O) groups is 1. The smallest absolute Gasteiger partial charge is 0.307 e. The van der Waals surface area contributed by atoms with E-state index in [0.29, 0.717) is 6.42 Å². The molecule has 0 aliphatic carbocycles. The van der Waals surface area contributed by atoms with Gasteiger partial charge in [-0.15, -0.1) is 0 Å². The van der Waals surface area contributed by atoms with Crippen LogP contribution in [0, 0.1) is 0 Å². The highest BCUT2D eigenvalue weighted by Crippen LogP contribution is 2.21. The minimum atomic E-state index is -1.53. The standard InChI is InChI=1S/C18H31NO2Si/c1-15(13-17(20)21-18(2,3)4)19(22(5,6)7)14-16-11-9-8-10-12-16/h8-12,15H,13-14H2,1-7H3/t15-/m0/s1. The molecule has 124 valence electrons. The van der Waals surface area contributed by atoms with Crippen molar-refractivity contribution >= 4 is 14.2 Å². The summed E-state index contributed by atoms with van der Waals surface area (Å²) < 4.78 is 7.96. The highest BCUT2D eigenvalue weighted by atomic mass is 28.3. The third-order valence-corrected chi connectivity index (χ3v) is 5.79. The van der Waals surface area contributed by atoms with Crippen molar-refractivity contribution in [2.45, 2.75) is 71.9 Å². The number of hydrogen-bond donors (Lipinski definition) is 0. The Balaban J connectivity index is 2.78. The third kappa shape index (κ3) is 6.75. The summed E-state index contributed by atoms with van der Waals surface area (Å²) in [6, 6.07) is 10.6. The predicted octanol–water partition coefficient (Wildman–Crippen LogP) is 4.44. The van der Waals surface area contributed by atoms with Crippen molar-refractivity contribution in [3.8, 4) is 0 Å². The van der Waals surface area contributed by atoms with Crippen molar-refractivity contribution in [1.29, 1.82) is 0 Å². The fraction of sp³-hybridized carbons (Fsp3) is 0.611. The van der Waals surface area contributed by atoms with Crippen LogP contribution in [0.4, 0.5) is 0 Å². The Bertz CT molecular complexity index is 474. The van der Waals surface area contributed by atoms with Crippen LogP contribution in [0.25, 0.3) is 0 Å². The molecular formula is C18H31NO2Si. The fourth-order valence-electron chi connectivity index (χ4n) is 2.57. The van der Waals surface area contributed by atoms with E-state index >= 15 is 0 Å². The van der Waals surface area contributed by atoms with Gasteiger partial charge in [0.1, 0.15) is 13.8 Å². The molecule has 0 aliphatic rings. The van der Waals surface area contributed by atoms with Crippen molar-refractivity contribution in [3.63, 3.8) is 0 Å². The second kappa shape index (κ2) is 7.42. The highest BCUT2D eigenvalue weighted by molar-refractivity contribution is 6.73. The molecule has 22 heavy (non-hydrogen) atoms. The van der Waals surface area contributed by atoms with E-state index < -0.39 is 13.8 Å². The quantitative estimate of drug-likeness (QED) is 0.573. The zero-order chi connectivity index (χ0) is 17.0. The molecule has 0 aromatic heterocycles. The number of ether oxygens (including phenoxy) is 1. The van der Waals surface area contributed by atoms with Gasteiger partial charge in [-0.25, -0.2) is 0 Å². The van der Waals surface area contributed by atoms with Crippen molar-refractivity contribution < 1.29 is 9.53 Å². The molecule has 0 bridgehead atoms. The van der Waals surface area contributed by atoms with E-state index in [2.05, 4.69) is 55.4 Å². The van der Waals surface area contributed by atoms with Gasteiger partial charge in [-0.3, -0.25) is 4.79 Å². The van der Waals surface area contributed by atoms with Gasteiger partial charge in [0.2, 0.25) is 0 Å². The van der Waals surface area contributed by atoms with E-state index in [9.17, 15) is 4.79 Å². The number of nitrogens with zero attached hydrogens (tertiary/aromatic N) is 1. The summed E-state index contributed by atoms with van der Waals surface area (Å²) in [7, 11) is -1.53. The molecule has 0 N–H and O–H groups in total. The van der Waals surface area contributed by atoms with Gasteiger partial charge in [-0.05, 0) is 33.3 Å². The number of rotatable bonds is 6. The molecule has 1 atom stereocenters. The minimum Gasteiger partial charge on any atom is -0.460 e. The lowest BCUT2D eigenvalue weighted by molar-refractivity contribution is -0.155. The summed E-state index contributed by atoms with van der Waals surface area (Å²) in [5.74, 6) is -0.115. The van der Waals surface area contributed by atoms with Gasteiger partial charge < -0.3 is 9.30 Å². The molecule has 0 aliphatic heterocycles. The van der Waals surface area contributed by atoms with E-state index in [0.717, 1.165) is 6.54 Å². The Morgan fingerprint density at radius 1 is 1.18 bits per heavy atom. The Morgan fingerprint density at radius 3 is 2.18 bits per heavy atom. The first-order valence-corrected chi connectivity index (χ1v) is 11.5. The van der Waals surface area contributed by atoms with Crippen LogP contribution in [-0.4, -0.2) is 30.4 Å². The Hall–Kier alpha value is -1.13. The van der Waals surface area contributed by atoms with Crippen LogP contribution >= 0.6 is 0 Å². The zero-order valence-corrected chi connectivity index (χ0v) is 16.1. The van der Waals surface area contributed by atoms with Gasteiger partial charge >= 0.3 is 5.97 Å². The average Bonchev–Trinajstić information content (AvgIpc) is 2.33. The maximum atomic E-state index is 12.1. The topological polar surface area (TPSA) is 29.5 Å². The summed E-state index contributed by atoms with van der Waals surface area (Å²) in [6.07, 6.45) is 0.439. The summed E-state index contributed by atoms with van der Waals surface area (Å²) in [4.78, 5) is 12.1. The Morgan fingerprint density at radius 2 is 1.73 bits per heavy atom. The molecule has 0 heterocycles. The summed E-state index contributed by atoms with van der Waals surface area (Å²) in [5.41, 5.74) is 0.876. The fourth-order valence-corrected chi connectivity index (χ4v) is 4.64. The second-order valence-corrected chi connectivity index (χ2v) is 12.8. The van der Waals surface area contributed by atoms with E-state index in [-0.39, 0.29) is 12.0 Å². The lowest BCUT2D eigenvalue weighted by atomic mass is 10.1. The number of hydrogen-bond acceptors (Lipinski definition) is 3. The van der Waals surface area contributed by atoms with Crippen LogP contribution in [0.5, 0.6) is 0 Å². The van der Waals surface area contributed by atoms with Crippen LogP contribution in [0.15, 0.2) is 30.3 Å². The molecule has 0 unspecified atom stereocenters. The molecule has 0 saturated carbocycles. The number of esters is 1. The third-order valence-electron chi connectivity index (χ3n) is 3.47. The molecule has 0 radical (unpaired) electrons. The van der Waals surface area contributed by atoms with Crippen LogP contribution in [-0.2, 0) is 16.1 Å². The Labute approximate surface area is 136 Å². The van der Waals surface area contributed by atoms with Gasteiger partial charge in [-0.2, -0.15) is 0 Å². The molecule has 4 heteroatoms. The normalized spacial score (nSPS) is 14.0. The summed E-state index contributed by atoms with van der Waals surface area (Å²) in [6.45, 7) is 15.7. The largest absolute Gasteiger partial charge is 0.460 e. The van der Waals surface area contributed by atoms with Crippen molar-refractivity contribution in [1.82, 2.24) is 4.57 Å². The summed E-state index contributed by atoms with van der Waals surface area (Å²) in [5, 5.41) is 0. The minimum absolute atomic E-state index is 0.115. The SMILES string of the molecule is C[C@@H](CC(=O)OC(C)(C)C)N(Cc1ccccc1)[Si](C)(C)C. The number of carbonyl (C=O) groups excluding carboxylic acids is 1. The van der Waals surface area contributed by atoms with Gasteiger partial charge in [0.05, 0.1) is 6.42 Å². The molecule has 0 spiro atoms. The zero-order valence-electron chi connectivity index (χ0n) is 15.1. The number of benzene rings is 1. The predicted molar refractivity (Wildman–Crippen MR) is 95.3 cm³/mol. The van der Waals surface area contributed by atoms with Gasteiger partial charge in [0, 0.05) is 12.6 Å². The average molecular weight is 322 g/mol. The lowest BCUT2D eigenvalue weighted by Gasteiger charge is -2.39. The van der Waals surface area contributed by atoms with Gasteiger partial charge in [0.15, 0.2) is 0 Å². The van der Waals surface area contributed by atoms with Crippen molar-refractivity contribution in [2.75, 3.05) is 0 Å². The lowest BCUT2D eigenvalue weighted by Crippen LogP contribution is -2.51. The second-order valence-electron chi connectivity index (χ2n) is 7.92. The Kier molecular flexibility index (Phi) is 6.38. The molecule has 3 nitrogen and oxygen atoms in total. The van der Waals surface area contributed by atoms with Gasteiger partial charge in [0.25, 0.3) is 0 Å². The first-order valence-electron chi connectivity index (χ1n) is 8.01. The molecule has 1 aromatic carbocycles. The van der Waals surface area contributed by atoms with Crippen molar-refractivity contribution in [2.24, 2.45) is 0 Å². The maximum Gasteiger partial charge on any atom is 0.307 e. The maximum absolute atomic E-state index is 12.1. The molecule has 1 rings (SSSR count). The first kappa shape index (κ1) is 18.9. The molecular weight excluding hydrogens is 290 g/mol. The van der Waals surface area contributed by atoms with E-state index in [1.54, 1.807) is 0 Å². The van der Waals surface area contributed by atoms with E-state index in [1.807, 2.05) is 26.8 Å².